The zero-order chi connectivity index (χ0) is 93.1. The quantitative estimate of drug-likeness (QED) is 0.0265. The van der Waals surface area contributed by atoms with Crippen LogP contribution in [0.5, 0.6) is 69.0 Å². The number of carbonyl (C=O) groups excluding carboxylic acids is 6. The first-order valence-corrected chi connectivity index (χ1v) is 44.6. The number of likely N-dealkylation sites (tertiary alicyclic amines) is 1. The number of carbonyl (C=O) groups is 6. The lowest BCUT2D eigenvalue weighted by Gasteiger charge is -2.35. The molecule has 29 heteroatoms. The van der Waals surface area contributed by atoms with Gasteiger partial charge in [-0.25, -0.2) is 4.79 Å². The van der Waals surface area contributed by atoms with Gasteiger partial charge in [-0.1, -0.05) is 55.5 Å². The Kier molecular flexibility index (Phi) is 40.6. The number of ether oxygens (including phenoxy) is 10. The Bertz CT molecular complexity index is 4990. The third kappa shape index (κ3) is 29.6. The predicted octanol–water partition coefficient (Wildman–Crippen LogP) is 15.8. The van der Waals surface area contributed by atoms with Gasteiger partial charge < -0.3 is 103 Å². The number of amides is 6. The Morgan fingerprint density at radius 3 is 1.40 bits per heavy atom. The molecule has 1 aromatic heterocycles. The molecule has 3 saturated heterocycles. The van der Waals surface area contributed by atoms with Crippen molar-refractivity contribution in [1.29, 1.82) is 0 Å². The first kappa shape index (κ1) is 101. The van der Waals surface area contributed by atoms with Crippen LogP contribution in [0.1, 0.15) is 148 Å². The van der Waals surface area contributed by atoms with Crippen LogP contribution >= 0.6 is 11.3 Å². The molecule has 128 heavy (non-hydrogen) atoms. The number of morpholine rings is 2. The number of likely N-dealkylation sites (N-methyl/N-ethyl adjacent to an activating group) is 2. The minimum Gasteiger partial charge on any atom is -0.508 e. The number of nitrogens with zero attached hydrogens (tertiary/aromatic N) is 5. The van der Waals surface area contributed by atoms with Crippen molar-refractivity contribution in [3.63, 3.8) is 0 Å². The van der Waals surface area contributed by atoms with Crippen LogP contribution in [0.25, 0.3) is 0 Å². The highest BCUT2D eigenvalue weighted by Crippen LogP contribution is 2.36. The molecule has 0 radical (unpaired) electrons. The van der Waals surface area contributed by atoms with Crippen LogP contribution in [0.4, 0.5) is 4.79 Å². The number of phenolic OH excluding ortho intramolecular Hbond substituents is 6. The van der Waals surface area contributed by atoms with Gasteiger partial charge in [0.25, 0.3) is 5.91 Å². The van der Waals surface area contributed by atoms with Crippen molar-refractivity contribution < 1.29 is 107 Å². The van der Waals surface area contributed by atoms with Gasteiger partial charge in [0.2, 0.25) is 23.6 Å². The van der Waals surface area contributed by atoms with E-state index in [1.807, 2.05) is 114 Å². The summed E-state index contributed by atoms with van der Waals surface area (Å²) in [6.07, 6.45) is 11.3. The van der Waals surface area contributed by atoms with Crippen LogP contribution in [-0.4, -0.2) is 242 Å². The molecule has 7 aromatic rings. The number of rotatable bonds is 26. The molecule has 0 bridgehead atoms. The molecule has 7 N–H and O–H groups in total. The lowest BCUT2D eigenvalue weighted by Crippen LogP contribution is -2.52. The molecule has 5 heterocycles. The van der Waals surface area contributed by atoms with Crippen molar-refractivity contribution in [2.75, 3.05) is 127 Å². The molecule has 694 valence electrons. The Morgan fingerprint density at radius 2 is 0.938 bits per heavy atom. The summed E-state index contributed by atoms with van der Waals surface area (Å²) in [4.78, 5) is 82.6. The van der Waals surface area contributed by atoms with E-state index in [1.165, 1.54) is 11.3 Å². The maximum Gasteiger partial charge on any atom is 0.410 e. The van der Waals surface area contributed by atoms with Crippen molar-refractivity contribution in [2.24, 2.45) is 0 Å². The second-order valence-corrected chi connectivity index (χ2v) is 33.2. The topological polar surface area (TPSA) is 344 Å². The summed E-state index contributed by atoms with van der Waals surface area (Å²) in [6.45, 7) is 30.6. The maximum absolute atomic E-state index is 12.7. The Balaban J connectivity index is 0.000000190. The summed E-state index contributed by atoms with van der Waals surface area (Å²) >= 11 is 1.41. The van der Waals surface area contributed by atoms with Gasteiger partial charge in [0.1, 0.15) is 109 Å². The smallest absolute Gasteiger partial charge is 0.410 e. The average Bonchev–Trinajstić information content (AvgIpc) is 1.56. The van der Waals surface area contributed by atoms with E-state index in [-0.39, 0.29) is 108 Å². The number of hydrogen-bond acceptors (Lipinski definition) is 23. The zero-order valence-electron chi connectivity index (χ0n) is 76.8. The normalized spacial score (nSPS) is 15.9. The Labute approximate surface area is 756 Å². The highest BCUT2D eigenvalue weighted by atomic mass is 32.1. The van der Waals surface area contributed by atoms with Crippen LogP contribution in [0, 0.1) is 41.5 Å². The first-order valence-electron chi connectivity index (χ1n) is 43.7. The second kappa shape index (κ2) is 51.2. The first-order chi connectivity index (χ1) is 61.3. The van der Waals surface area contributed by atoms with Gasteiger partial charge in [-0.3, -0.25) is 28.9 Å². The molecule has 2 atom stereocenters. The van der Waals surface area contributed by atoms with E-state index < -0.39 is 0 Å². The van der Waals surface area contributed by atoms with Crippen LogP contribution in [0.2, 0.25) is 0 Å². The standard InChI is InChI=1S/C19H27NO3.C18H21NO3.C16H23NO5.C16H21NO4.C15H21NO4.C15H17NO3S/c1-13(2)20(4)19(22)16-9-6-5-8-15(16)12-23-18-11-7-10-17(21)14(18)3;1-13-16(20)8-5-9-17(13)22-12-14-6-4-7-15(14)18(21)19-10-2-3-11-19;1-11(2)22-16(19)17-7-8-20-9-13(17)10-21-15-6-4-5-14(18)12(15)3;1-3-17-16(19)13-7-8-20-9-12(13)10-21-15-6-4-5-14(18)11(15)2;1-3-15(18)16-7-8-19-9-12(16)10-20-14-6-4-5-13(17)11(14)2;1-10-12(17)5-4-6-13(10)19-9-11-7-8-20-14(11)15(18)16(2)3/h7,10-11,13,21H,5-6,8-9,12H2,1-4H3;4-6,8-9,20H,2-3,7,10-12H2,1H3;4-6,11,13,18H,7-10H2,1-3H3;4-6,18H,3,7-10H2,1-2H3,(H,17,19);4-6,12,17H,3,7-10H2,1-2H3;4-8,17H,9H2,1-3H3. The maximum atomic E-state index is 12.7. The molecule has 28 nitrogen and oxygen atoms in total. The lowest BCUT2D eigenvalue weighted by molar-refractivity contribution is -0.140. The number of thiophene rings is 1. The van der Waals surface area contributed by atoms with E-state index in [0.717, 1.165) is 102 Å². The fraction of sp³-hybridized carbons (Fsp3) is 0.455. The fourth-order valence-corrected chi connectivity index (χ4v) is 15.1. The van der Waals surface area contributed by atoms with Crippen LogP contribution < -0.4 is 33.7 Å². The molecule has 2 aliphatic carbocycles. The SMILES string of the molecule is CCC(=O)N1CCOCC1COc1cccc(O)c1C.CCNC(=O)C1=C(COc2cccc(O)c2C)COCC1.Cc1c(O)cccc1OCC1=C(C(=O)N(C)C(C)C)CCCC1.Cc1c(O)cccc1OCC1=C(C(=O)N2CCCC2)CC=C1.Cc1c(O)cccc1OCC1COCCN1C(=O)OC(C)C.Cc1c(O)cccc1OCc1ccsc1C(=O)N(C)C. The molecule has 0 saturated carbocycles. The number of hydrogen-bond donors (Lipinski definition) is 7. The van der Waals surface area contributed by atoms with Gasteiger partial charge in [0.15, 0.2) is 0 Å². The van der Waals surface area contributed by atoms with Crippen molar-refractivity contribution in [3.8, 4) is 69.0 Å². The number of phenols is 6. The van der Waals surface area contributed by atoms with Gasteiger partial charge in [0.05, 0.1) is 62.7 Å². The Morgan fingerprint density at radius 1 is 0.492 bits per heavy atom. The molecule has 6 aliphatic rings. The zero-order valence-corrected chi connectivity index (χ0v) is 77.6. The summed E-state index contributed by atoms with van der Waals surface area (Å²) in [5.41, 5.74) is 10.5. The van der Waals surface area contributed by atoms with E-state index in [2.05, 4.69) is 5.32 Å². The predicted molar refractivity (Wildman–Crippen MR) is 492 cm³/mol. The summed E-state index contributed by atoms with van der Waals surface area (Å²) in [5.74, 6) is 5.38. The van der Waals surface area contributed by atoms with Crippen molar-refractivity contribution in [1.82, 2.24) is 29.8 Å². The van der Waals surface area contributed by atoms with Crippen LogP contribution in [0.15, 0.2) is 166 Å². The molecular weight excluding hydrogens is 1660 g/mol. The molecule has 0 spiro atoms. The van der Waals surface area contributed by atoms with Crippen molar-refractivity contribution in [3.05, 3.63) is 210 Å². The number of nitrogens with one attached hydrogen (secondary N) is 1. The van der Waals surface area contributed by atoms with Gasteiger partial charge in [-0.15, -0.1) is 11.3 Å². The van der Waals surface area contributed by atoms with Gasteiger partial charge in [0, 0.05) is 134 Å². The van der Waals surface area contributed by atoms with E-state index in [9.17, 15) is 59.4 Å². The second-order valence-electron chi connectivity index (χ2n) is 32.3. The van der Waals surface area contributed by atoms with E-state index >= 15 is 0 Å². The number of aromatic hydroxyl groups is 6. The average molecular weight is 1790 g/mol. The monoisotopic (exact) mass is 1790 g/mol. The summed E-state index contributed by atoms with van der Waals surface area (Å²) in [5, 5.41) is 62.8. The molecular formula is C99H130N6O22S. The number of allylic oxidation sites excluding steroid dienone is 1. The third-order valence-electron chi connectivity index (χ3n) is 22.4. The highest BCUT2D eigenvalue weighted by Gasteiger charge is 2.33. The summed E-state index contributed by atoms with van der Waals surface area (Å²) in [6, 6.07) is 32.9. The number of benzene rings is 6. The van der Waals surface area contributed by atoms with E-state index in [1.54, 1.807) is 147 Å². The largest absolute Gasteiger partial charge is 0.508 e. The van der Waals surface area contributed by atoms with Gasteiger partial charge in [-0.2, -0.15) is 0 Å². The molecule has 2 unspecified atom stereocenters. The van der Waals surface area contributed by atoms with E-state index in [4.69, 9.17) is 47.4 Å². The fourth-order valence-electron chi connectivity index (χ4n) is 14.2. The van der Waals surface area contributed by atoms with Gasteiger partial charge >= 0.3 is 6.09 Å². The van der Waals surface area contributed by atoms with Crippen LogP contribution in [-0.2, 0) is 44.7 Å². The molecule has 13 rings (SSSR count). The highest BCUT2D eigenvalue weighted by molar-refractivity contribution is 7.12. The van der Waals surface area contributed by atoms with Gasteiger partial charge in [-0.05, 0) is 216 Å². The molecule has 4 aliphatic heterocycles. The van der Waals surface area contributed by atoms with Crippen molar-refractivity contribution >= 4 is 47.0 Å². The molecule has 6 amide bonds. The Hall–Kier alpha value is -11.9. The summed E-state index contributed by atoms with van der Waals surface area (Å²) in [7, 11) is 5.31. The minimum atomic E-state index is -0.348. The molecule has 6 aromatic carbocycles. The van der Waals surface area contributed by atoms with E-state index in [0.29, 0.717) is 167 Å². The minimum absolute atomic E-state index is 0.0220. The summed E-state index contributed by atoms with van der Waals surface area (Å²) < 4.78 is 56.2. The molecule has 3 fully saturated rings. The van der Waals surface area contributed by atoms with Crippen molar-refractivity contribution in [2.45, 2.75) is 172 Å². The van der Waals surface area contributed by atoms with Crippen LogP contribution in [0.3, 0.4) is 0 Å². The third-order valence-corrected chi connectivity index (χ3v) is 23.3. The lowest BCUT2D eigenvalue weighted by atomic mass is 9.91.